The average molecular weight is 296 g/mol. The van der Waals surface area contributed by atoms with Gasteiger partial charge in [0.05, 0.1) is 19.2 Å². The summed E-state index contributed by atoms with van der Waals surface area (Å²) in [4.78, 5) is 15.7. The number of likely N-dealkylation sites (tertiary alicyclic amines) is 1. The van der Waals surface area contributed by atoms with Crippen LogP contribution in [0, 0.1) is 11.3 Å². The van der Waals surface area contributed by atoms with E-state index in [4.69, 9.17) is 4.74 Å². The van der Waals surface area contributed by atoms with Crippen molar-refractivity contribution in [1.82, 2.24) is 15.1 Å². The molecular formula is C15H28N4O2. The number of rotatable bonds is 6. The van der Waals surface area contributed by atoms with E-state index in [-0.39, 0.29) is 6.09 Å². The number of nitrogens with one attached hydrogen (secondary N) is 1. The molecule has 1 rings (SSSR count). The lowest BCUT2D eigenvalue weighted by molar-refractivity contribution is -0.00511. The second kappa shape index (κ2) is 7.10. The predicted octanol–water partition coefficient (Wildman–Crippen LogP) is 1.43. The molecule has 0 bridgehead atoms. The van der Waals surface area contributed by atoms with Crippen molar-refractivity contribution >= 4 is 6.09 Å². The summed E-state index contributed by atoms with van der Waals surface area (Å²) in [5.74, 6) is 0. The van der Waals surface area contributed by atoms with E-state index in [1.165, 1.54) is 0 Å². The lowest BCUT2D eigenvalue weighted by atomic mass is 9.92. The van der Waals surface area contributed by atoms with Crippen molar-refractivity contribution in [2.24, 2.45) is 0 Å². The fourth-order valence-corrected chi connectivity index (χ4v) is 2.28. The molecule has 0 radical (unpaired) electrons. The number of hydrogen-bond acceptors (Lipinski definition) is 5. The molecule has 0 saturated carbocycles. The Morgan fingerprint density at radius 3 is 2.38 bits per heavy atom. The minimum Gasteiger partial charge on any atom is -0.444 e. The Morgan fingerprint density at radius 2 is 1.95 bits per heavy atom. The number of amides is 1. The van der Waals surface area contributed by atoms with Crippen molar-refractivity contribution in [3.8, 4) is 6.07 Å². The monoisotopic (exact) mass is 296 g/mol. The van der Waals surface area contributed by atoms with Crippen molar-refractivity contribution in [2.75, 3.05) is 39.3 Å². The van der Waals surface area contributed by atoms with Gasteiger partial charge in [-0.15, -0.1) is 0 Å². The number of hydrogen-bond donors (Lipinski definition) is 1. The Balaban J connectivity index is 2.39. The molecule has 0 aliphatic carbocycles. The number of likely N-dealkylation sites (N-methyl/N-ethyl adjacent to an activating group) is 1. The van der Waals surface area contributed by atoms with E-state index in [0.717, 1.165) is 26.2 Å². The predicted molar refractivity (Wildman–Crippen MR) is 81.9 cm³/mol. The van der Waals surface area contributed by atoms with Crippen LogP contribution in [0.5, 0.6) is 0 Å². The van der Waals surface area contributed by atoms with Crippen LogP contribution in [0.4, 0.5) is 4.79 Å². The zero-order valence-corrected chi connectivity index (χ0v) is 13.9. The number of carbonyl (C=O) groups is 1. The van der Waals surface area contributed by atoms with E-state index in [0.29, 0.717) is 13.1 Å². The van der Waals surface area contributed by atoms with Gasteiger partial charge in [0.1, 0.15) is 11.1 Å². The molecule has 6 nitrogen and oxygen atoms in total. The van der Waals surface area contributed by atoms with Crippen LogP contribution in [0.1, 0.15) is 34.6 Å². The highest BCUT2D eigenvalue weighted by atomic mass is 16.6. The molecule has 1 aliphatic rings. The average Bonchev–Trinajstić information content (AvgIpc) is 2.35. The molecule has 1 saturated heterocycles. The van der Waals surface area contributed by atoms with Crippen LogP contribution in [0.25, 0.3) is 0 Å². The highest BCUT2D eigenvalue weighted by molar-refractivity contribution is 5.70. The van der Waals surface area contributed by atoms with Gasteiger partial charge in [-0.05, 0) is 33.9 Å². The summed E-state index contributed by atoms with van der Waals surface area (Å²) >= 11 is 0. The number of nitrogens with zero attached hydrogens (tertiary/aromatic N) is 3. The van der Waals surface area contributed by atoms with Crippen LogP contribution in [0.15, 0.2) is 0 Å². The Morgan fingerprint density at radius 1 is 1.38 bits per heavy atom. The fraction of sp³-hybridized carbons (Fsp3) is 0.867. The van der Waals surface area contributed by atoms with Crippen molar-refractivity contribution < 1.29 is 9.53 Å². The normalized spacial score (nSPS) is 17.3. The lowest BCUT2D eigenvalue weighted by Gasteiger charge is -2.46. The van der Waals surface area contributed by atoms with Gasteiger partial charge in [0, 0.05) is 13.1 Å². The first-order chi connectivity index (χ1) is 9.75. The van der Waals surface area contributed by atoms with E-state index in [2.05, 4.69) is 30.1 Å². The van der Waals surface area contributed by atoms with Crippen LogP contribution < -0.4 is 5.32 Å². The van der Waals surface area contributed by atoms with Crippen LogP contribution in [0.3, 0.4) is 0 Å². The van der Waals surface area contributed by atoms with Crippen LogP contribution in [0.2, 0.25) is 0 Å². The molecule has 21 heavy (non-hydrogen) atoms. The number of ether oxygens (including phenoxy) is 1. The van der Waals surface area contributed by atoms with Crippen molar-refractivity contribution in [3.63, 3.8) is 0 Å². The molecule has 0 aromatic rings. The van der Waals surface area contributed by atoms with Crippen LogP contribution in [-0.2, 0) is 4.74 Å². The molecule has 1 aliphatic heterocycles. The third-order valence-corrected chi connectivity index (χ3v) is 3.57. The number of carbonyl (C=O) groups excluding carboxylic acids is 1. The van der Waals surface area contributed by atoms with Gasteiger partial charge in [-0.25, -0.2) is 4.79 Å². The maximum atomic E-state index is 11.9. The standard InChI is InChI=1S/C15H28N4O2/c1-6-18(7-2)9-8-17-15(10-16)11-19(12-15)13(20)21-14(3,4)5/h17H,6-9,11-12H2,1-5H3. The molecule has 0 aromatic heterocycles. The summed E-state index contributed by atoms with van der Waals surface area (Å²) in [7, 11) is 0. The summed E-state index contributed by atoms with van der Waals surface area (Å²) in [6, 6.07) is 2.29. The summed E-state index contributed by atoms with van der Waals surface area (Å²) in [5, 5.41) is 12.6. The van der Waals surface area contributed by atoms with Gasteiger partial charge >= 0.3 is 6.09 Å². The molecule has 1 fully saturated rings. The highest BCUT2D eigenvalue weighted by Gasteiger charge is 2.46. The van der Waals surface area contributed by atoms with Gasteiger partial charge in [0.15, 0.2) is 0 Å². The third-order valence-electron chi connectivity index (χ3n) is 3.57. The maximum absolute atomic E-state index is 11.9. The van der Waals surface area contributed by atoms with E-state index >= 15 is 0 Å². The van der Waals surface area contributed by atoms with E-state index in [9.17, 15) is 10.1 Å². The van der Waals surface area contributed by atoms with Crippen molar-refractivity contribution in [2.45, 2.75) is 45.8 Å². The molecule has 0 spiro atoms. The first kappa shape index (κ1) is 17.7. The molecule has 0 atom stereocenters. The molecule has 6 heteroatoms. The zero-order chi connectivity index (χ0) is 16.1. The summed E-state index contributed by atoms with van der Waals surface area (Å²) in [6.07, 6.45) is -0.348. The SMILES string of the molecule is CCN(CC)CCNC1(C#N)CN(C(=O)OC(C)(C)C)C1. The Hall–Kier alpha value is -1.32. The largest absolute Gasteiger partial charge is 0.444 e. The molecule has 120 valence electrons. The van der Waals surface area contributed by atoms with Gasteiger partial charge in [-0.2, -0.15) is 5.26 Å². The minimum atomic E-state index is -0.621. The molecule has 0 unspecified atom stereocenters. The number of nitriles is 1. The highest BCUT2D eigenvalue weighted by Crippen LogP contribution is 2.22. The second-order valence-corrected chi connectivity index (χ2v) is 6.48. The Kier molecular flexibility index (Phi) is 5.99. The first-order valence-corrected chi connectivity index (χ1v) is 7.62. The molecule has 1 amide bonds. The van der Waals surface area contributed by atoms with Gasteiger partial charge in [-0.3, -0.25) is 5.32 Å². The smallest absolute Gasteiger partial charge is 0.410 e. The third kappa shape index (κ3) is 5.18. The first-order valence-electron chi connectivity index (χ1n) is 7.62. The molecule has 1 N–H and O–H groups in total. The molecular weight excluding hydrogens is 268 g/mol. The minimum absolute atomic E-state index is 0.348. The van der Waals surface area contributed by atoms with Crippen LogP contribution in [-0.4, -0.2) is 66.3 Å². The van der Waals surface area contributed by atoms with Crippen LogP contribution >= 0.6 is 0 Å². The maximum Gasteiger partial charge on any atom is 0.410 e. The topological polar surface area (TPSA) is 68.6 Å². The van der Waals surface area contributed by atoms with Gasteiger partial charge in [0.25, 0.3) is 0 Å². The van der Waals surface area contributed by atoms with Gasteiger partial charge in [-0.1, -0.05) is 13.8 Å². The van der Waals surface area contributed by atoms with E-state index in [1.807, 2.05) is 20.8 Å². The van der Waals surface area contributed by atoms with E-state index < -0.39 is 11.1 Å². The summed E-state index contributed by atoms with van der Waals surface area (Å²) in [5.41, 5.74) is -1.12. The van der Waals surface area contributed by atoms with Gasteiger partial charge < -0.3 is 14.5 Å². The quantitative estimate of drug-likeness (QED) is 0.803. The van der Waals surface area contributed by atoms with E-state index in [1.54, 1.807) is 4.90 Å². The molecule has 0 aromatic carbocycles. The fourth-order valence-electron chi connectivity index (χ4n) is 2.28. The lowest BCUT2D eigenvalue weighted by Crippen LogP contribution is -2.70. The summed E-state index contributed by atoms with van der Waals surface area (Å²) < 4.78 is 5.30. The van der Waals surface area contributed by atoms with Crippen molar-refractivity contribution in [1.29, 1.82) is 5.26 Å². The Labute approximate surface area is 128 Å². The molecule has 1 heterocycles. The van der Waals surface area contributed by atoms with Crippen molar-refractivity contribution in [3.05, 3.63) is 0 Å². The Bertz CT molecular complexity index is 387. The second-order valence-electron chi connectivity index (χ2n) is 6.48. The zero-order valence-electron chi connectivity index (χ0n) is 13.9. The summed E-state index contributed by atoms with van der Waals surface area (Å²) in [6.45, 7) is 14.2. The van der Waals surface area contributed by atoms with Gasteiger partial charge in [0.2, 0.25) is 0 Å².